The van der Waals surface area contributed by atoms with Gasteiger partial charge in [-0.05, 0) is 24.6 Å². The van der Waals surface area contributed by atoms with Gasteiger partial charge in [-0.3, -0.25) is 4.79 Å². The van der Waals surface area contributed by atoms with Crippen LogP contribution in [0.15, 0.2) is 24.3 Å². The zero-order valence-electron chi connectivity index (χ0n) is 8.47. The standard InChI is InChI=1S/C11H13BrFNO/c1-2-10(7-12)14-11(15)8-4-3-5-9(13)6-8/h3-6,10H,2,7H2,1H3,(H,14,15). The van der Waals surface area contributed by atoms with Gasteiger partial charge in [0.1, 0.15) is 5.82 Å². The lowest BCUT2D eigenvalue weighted by Crippen LogP contribution is -2.35. The minimum Gasteiger partial charge on any atom is -0.348 e. The molecule has 1 N–H and O–H groups in total. The van der Waals surface area contributed by atoms with Gasteiger partial charge < -0.3 is 5.32 Å². The number of hydrogen-bond donors (Lipinski definition) is 1. The summed E-state index contributed by atoms with van der Waals surface area (Å²) in [4.78, 5) is 11.6. The topological polar surface area (TPSA) is 29.1 Å². The molecule has 0 aliphatic carbocycles. The van der Waals surface area contributed by atoms with Crippen molar-refractivity contribution in [3.05, 3.63) is 35.6 Å². The van der Waals surface area contributed by atoms with E-state index in [2.05, 4.69) is 21.2 Å². The molecule has 0 saturated carbocycles. The van der Waals surface area contributed by atoms with Crippen LogP contribution in [0.2, 0.25) is 0 Å². The highest BCUT2D eigenvalue weighted by molar-refractivity contribution is 9.09. The summed E-state index contributed by atoms with van der Waals surface area (Å²) in [5, 5.41) is 3.51. The Hall–Kier alpha value is -0.900. The van der Waals surface area contributed by atoms with E-state index in [1.807, 2.05) is 6.92 Å². The predicted octanol–water partition coefficient (Wildman–Crippen LogP) is 2.73. The SMILES string of the molecule is CCC(CBr)NC(=O)c1cccc(F)c1. The number of nitrogens with one attached hydrogen (secondary N) is 1. The Balaban J connectivity index is 2.68. The van der Waals surface area contributed by atoms with Crippen LogP contribution in [-0.4, -0.2) is 17.3 Å². The molecule has 1 unspecified atom stereocenters. The summed E-state index contributed by atoms with van der Waals surface area (Å²) in [6.07, 6.45) is 0.840. The highest BCUT2D eigenvalue weighted by Crippen LogP contribution is 2.05. The first-order valence-corrected chi connectivity index (χ1v) is 5.92. The van der Waals surface area contributed by atoms with Crippen molar-refractivity contribution >= 4 is 21.8 Å². The van der Waals surface area contributed by atoms with Crippen LogP contribution in [0.1, 0.15) is 23.7 Å². The van der Waals surface area contributed by atoms with Gasteiger partial charge in [0.25, 0.3) is 5.91 Å². The largest absolute Gasteiger partial charge is 0.348 e. The van der Waals surface area contributed by atoms with E-state index in [0.29, 0.717) is 10.9 Å². The predicted molar refractivity (Wildman–Crippen MR) is 61.7 cm³/mol. The van der Waals surface area contributed by atoms with E-state index in [-0.39, 0.29) is 11.9 Å². The van der Waals surface area contributed by atoms with E-state index >= 15 is 0 Å². The highest BCUT2D eigenvalue weighted by atomic mass is 79.9. The van der Waals surface area contributed by atoms with Crippen LogP contribution < -0.4 is 5.32 Å². The van der Waals surface area contributed by atoms with E-state index < -0.39 is 5.82 Å². The Bertz CT molecular complexity index is 339. The second-order valence-corrected chi connectivity index (χ2v) is 3.89. The van der Waals surface area contributed by atoms with Crippen molar-refractivity contribution in [2.24, 2.45) is 0 Å². The number of carbonyl (C=O) groups excluding carboxylic acids is 1. The van der Waals surface area contributed by atoms with Crippen molar-refractivity contribution in [2.75, 3.05) is 5.33 Å². The Morgan fingerprint density at radius 3 is 2.87 bits per heavy atom. The number of amides is 1. The minimum atomic E-state index is -0.394. The lowest BCUT2D eigenvalue weighted by Gasteiger charge is -2.13. The number of rotatable bonds is 4. The third-order valence-corrected chi connectivity index (χ3v) is 2.88. The molecule has 0 radical (unpaired) electrons. The zero-order valence-corrected chi connectivity index (χ0v) is 10.1. The maximum atomic E-state index is 12.8. The van der Waals surface area contributed by atoms with E-state index in [1.165, 1.54) is 18.2 Å². The molecule has 0 heterocycles. The fraction of sp³-hybridized carbons (Fsp3) is 0.364. The van der Waals surface area contributed by atoms with Crippen molar-refractivity contribution in [2.45, 2.75) is 19.4 Å². The van der Waals surface area contributed by atoms with E-state index in [4.69, 9.17) is 0 Å². The van der Waals surface area contributed by atoms with Gasteiger partial charge in [0.05, 0.1) is 0 Å². The molecular weight excluding hydrogens is 261 g/mol. The second-order valence-electron chi connectivity index (χ2n) is 3.24. The Morgan fingerprint density at radius 2 is 2.33 bits per heavy atom. The van der Waals surface area contributed by atoms with Gasteiger partial charge in [0.15, 0.2) is 0 Å². The van der Waals surface area contributed by atoms with E-state index in [9.17, 15) is 9.18 Å². The monoisotopic (exact) mass is 273 g/mol. The van der Waals surface area contributed by atoms with Gasteiger partial charge in [0, 0.05) is 16.9 Å². The zero-order chi connectivity index (χ0) is 11.3. The van der Waals surface area contributed by atoms with Gasteiger partial charge in [0.2, 0.25) is 0 Å². The number of benzene rings is 1. The summed E-state index contributed by atoms with van der Waals surface area (Å²) in [6, 6.07) is 5.76. The molecule has 0 fully saturated rings. The average Bonchev–Trinajstić information content (AvgIpc) is 2.25. The summed E-state index contributed by atoms with van der Waals surface area (Å²) in [6.45, 7) is 1.98. The summed E-state index contributed by atoms with van der Waals surface area (Å²) in [7, 11) is 0. The van der Waals surface area contributed by atoms with Crippen molar-refractivity contribution in [1.29, 1.82) is 0 Å². The fourth-order valence-corrected chi connectivity index (χ4v) is 1.77. The number of alkyl halides is 1. The van der Waals surface area contributed by atoms with Gasteiger partial charge >= 0.3 is 0 Å². The summed E-state index contributed by atoms with van der Waals surface area (Å²) < 4.78 is 12.8. The van der Waals surface area contributed by atoms with Gasteiger partial charge in [-0.1, -0.05) is 28.9 Å². The number of hydrogen-bond acceptors (Lipinski definition) is 1. The molecule has 0 saturated heterocycles. The van der Waals surface area contributed by atoms with Crippen LogP contribution in [-0.2, 0) is 0 Å². The fourth-order valence-electron chi connectivity index (χ4n) is 1.15. The van der Waals surface area contributed by atoms with Crippen molar-refractivity contribution in [1.82, 2.24) is 5.32 Å². The highest BCUT2D eigenvalue weighted by Gasteiger charge is 2.11. The van der Waals surface area contributed by atoms with Crippen LogP contribution in [0.3, 0.4) is 0 Å². The first kappa shape index (κ1) is 12.2. The molecule has 0 aliphatic rings. The summed E-state index contributed by atoms with van der Waals surface area (Å²) in [5.74, 6) is -0.629. The normalized spacial score (nSPS) is 12.2. The Labute approximate surface area is 97.0 Å². The second kappa shape index (κ2) is 5.85. The first-order chi connectivity index (χ1) is 7.17. The summed E-state index contributed by atoms with van der Waals surface area (Å²) in [5.41, 5.74) is 0.356. The number of carbonyl (C=O) groups is 1. The average molecular weight is 274 g/mol. The molecule has 2 nitrogen and oxygen atoms in total. The molecule has 15 heavy (non-hydrogen) atoms. The molecule has 0 aliphatic heterocycles. The maximum absolute atomic E-state index is 12.8. The van der Waals surface area contributed by atoms with E-state index in [1.54, 1.807) is 6.07 Å². The van der Waals surface area contributed by atoms with Crippen LogP contribution in [0, 0.1) is 5.82 Å². The van der Waals surface area contributed by atoms with Crippen molar-refractivity contribution < 1.29 is 9.18 Å². The van der Waals surface area contributed by atoms with Crippen molar-refractivity contribution in [3.8, 4) is 0 Å². The Kier molecular flexibility index (Phi) is 4.75. The molecule has 0 spiro atoms. The molecular formula is C11H13BrFNO. The molecule has 1 rings (SSSR count). The van der Waals surface area contributed by atoms with Gasteiger partial charge in [-0.25, -0.2) is 4.39 Å². The summed E-state index contributed by atoms with van der Waals surface area (Å²) >= 11 is 3.30. The van der Waals surface area contributed by atoms with Crippen LogP contribution in [0.4, 0.5) is 4.39 Å². The maximum Gasteiger partial charge on any atom is 0.251 e. The van der Waals surface area contributed by atoms with Gasteiger partial charge in [-0.2, -0.15) is 0 Å². The van der Waals surface area contributed by atoms with Crippen LogP contribution in [0.5, 0.6) is 0 Å². The number of halogens is 2. The quantitative estimate of drug-likeness (QED) is 0.840. The van der Waals surface area contributed by atoms with Gasteiger partial charge in [-0.15, -0.1) is 0 Å². The molecule has 0 bridgehead atoms. The molecule has 1 atom stereocenters. The lowest BCUT2D eigenvalue weighted by atomic mass is 10.2. The minimum absolute atomic E-state index is 0.0840. The molecule has 82 valence electrons. The van der Waals surface area contributed by atoms with Crippen LogP contribution >= 0.6 is 15.9 Å². The lowest BCUT2D eigenvalue weighted by molar-refractivity contribution is 0.0940. The third-order valence-electron chi connectivity index (χ3n) is 2.10. The third kappa shape index (κ3) is 3.63. The molecule has 0 aromatic heterocycles. The smallest absolute Gasteiger partial charge is 0.251 e. The van der Waals surface area contributed by atoms with E-state index in [0.717, 1.165) is 6.42 Å². The molecule has 4 heteroatoms. The molecule has 1 aromatic carbocycles. The van der Waals surface area contributed by atoms with Crippen LogP contribution in [0.25, 0.3) is 0 Å². The Morgan fingerprint density at radius 1 is 1.60 bits per heavy atom. The first-order valence-electron chi connectivity index (χ1n) is 4.79. The molecule has 1 aromatic rings. The molecule has 1 amide bonds. The van der Waals surface area contributed by atoms with Crippen molar-refractivity contribution in [3.63, 3.8) is 0 Å².